The van der Waals surface area contributed by atoms with Gasteiger partial charge in [-0.15, -0.1) is 16.9 Å². The van der Waals surface area contributed by atoms with Crippen LogP contribution in [0.5, 0.6) is 0 Å². The van der Waals surface area contributed by atoms with E-state index in [-0.39, 0.29) is 0 Å². The van der Waals surface area contributed by atoms with E-state index >= 15 is 0 Å². The Bertz CT molecular complexity index is 669. The summed E-state index contributed by atoms with van der Waals surface area (Å²) in [7, 11) is 1.37. The Balaban J connectivity index is 1.86. The zero-order chi connectivity index (χ0) is 14.8. The van der Waals surface area contributed by atoms with Crippen LogP contribution < -0.4 is 0 Å². The van der Waals surface area contributed by atoms with Crippen molar-refractivity contribution in [2.75, 3.05) is 12.9 Å². The molecule has 1 aromatic heterocycles. The summed E-state index contributed by atoms with van der Waals surface area (Å²) in [5.41, 5.74) is 2.54. The number of ether oxygens (including phenoxy) is 1. The Morgan fingerprint density at radius 2 is 2.29 bits per heavy atom. The maximum absolute atomic E-state index is 11.7. The molecule has 0 saturated heterocycles. The maximum Gasteiger partial charge on any atom is 0.360 e. The van der Waals surface area contributed by atoms with E-state index in [0.717, 1.165) is 18.0 Å². The fourth-order valence-corrected chi connectivity index (χ4v) is 3.92. The zero-order valence-corrected chi connectivity index (χ0v) is 12.9. The number of hydrogen-bond acceptors (Lipinski definition) is 5. The molecule has 0 N–H and O–H groups in total. The molecule has 2 aromatic rings. The van der Waals surface area contributed by atoms with Crippen LogP contribution in [0.25, 0.3) is 0 Å². The molecule has 0 aliphatic carbocycles. The number of hydrogen-bond donors (Lipinski definition) is 0. The summed E-state index contributed by atoms with van der Waals surface area (Å²) in [5, 5.41) is 8.14. The highest BCUT2D eigenvalue weighted by atomic mass is 32.2. The van der Waals surface area contributed by atoms with Crippen LogP contribution >= 0.6 is 11.8 Å². The number of fused-ring (bicyclic) bond motifs is 1. The van der Waals surface area contributed by atoms with Crippen LogP contribution in [-0.4, -0.2) is 33.8 Å². The summed E-state index contributed by atoms with van der Waals surface area (Å²) in [6.07, 6.45) is 0.707. The predicted molar refractivity (Wildman–Crippen MR) is 80.6 cm³/mol. The van der Waals surface area contributed by atoms with Crippen LogP contribution in [-0.2, 0) is 17.7 Å². The lowest BCUT2D eigenvalue weighted by Crippen LogP contribution is -2.14. The van der Waals surface area contributed by atoms with Gasteiger partial charge in [0.05, 0.1) is 19.3 Å². The lowest BCUT2D eigenvalue weighted by atomic mass is 10.0. The van der Waals surface area contributed by atoms with Crippen LogP contribution in [0.4, 0.5) is 0 Å². The number of carbonyl (C=O) groups excluding carboxylic acids is 1. The Kier molecular flexibility index (Phi) is 3.96. The van der Waals surface area contributed by atoms with Gasteiger partial charge < -0.3 is 4.74 Å². The Morgan fingerprint density at radius 3 is 3.05 bits per heavy atom. The molecular formula is C15H17N3O2S. The third-order valence-electron chi connectivity index (χ3n) is 3.74. The zero-order valence-electron chi connectivity index (χ0n) is 12.1. The molecule has 110 valence electrons. The monoisotopic (exact) mass is 303 g/mol. The standard InChI is InChI=1S/C15H17N3O2S/c1-3-12-14(15(19)20-2)16-17-18(12)8-10-9-21-13-7-5-4-6-11(10)13/h4-7,10H,3,8-9H2,1-2H3. The summed E-state index contributed by atoms with van der Waals surface area (Å²) < 4.78 is 6.61. The molecule has 1 aromatic carbocycles. The second-order valence-electron chi connectivity index (χ2n) is 4.96. The van der Waals surface area contributed by atoms with Crippen molar-refractivity contribution in [1.82, 2.24) is 15.0 Å². The van der Waals surface area contributed by atoms with E-state index in [2.05, 4.69) is 34.6 Å². The molecule has 1 unspecified atom stereocenters. The van der Waals surface area contributed by atoms with Gasteiger partial charge in [-0.3, -0.25) is 0 Å². The molecule has 21 heavy (non-hydrogen) atoms. The molecule has 1 atom stereocenters. The second-order valence-corrected chi connectivity index (χ2v) is 6.02. The summed E-state index contributed by atoms with van der Waals surface area (Å²) in [5.74, 6) is 1.03. The molecule has 6 heteroatoms. The molecule has 5 nitrogen and oxygen atoms in total. The minimum absolute atomic E-state index is 0.332. The summed E-state index contributed by atoms with van der Waals surface area (Å²) >= 11 is 1.87. The molecule has 0 fully saturated rings. The van der Waals surface area contributed by atoms with Crippen molar-refractivity contribution in [3.63, 3.8) is 0 Å². The highest BCUT2D eigenvalue weighted by molar-refractivity contribution is 7.99. The minimum Gasteiger partial charge on any atom is -0.464 e. The van der Waals surface area contributed by atoms with E-state index in [4.69, 9.17) is 4.74 Å². The van der Waals surface area contributed by atoms with Gasteiger partial charge >= 0.3 is 5.97 Å². The van der Waals surface area contributed by atoms with Crippen molar-refractivity contribution >= 4 is 17.7 Å². The smallest absolute Gasteiger partial charge is 0.360 e. The van der Waals surface area contributed by atoms with Crippen LogP contribution in [0.3, 0.4) is 0 Å². The summed E-state index contributed by atoms with van der Waals surface area (Å²) in [6.45, 7) is 2.75. The Hall–Kier alpha value is -1.82. The van der Waals surface area contributed by atoms with Crippen molar-refractivity contribution < 1.29 is 9.53 Å². The third kappa shape index (κ3) is 2.55. The van der Waals surface area contributed by atoms with E-state index in [1.54, 1.807) is 0 Å². The first-order valence-electron chi connectivity index (χ1n) is 6.97. The normalized spacial score (nSPS) is 16.8. The number of methoxy groups -OCH3 is 1. The summed E-state index contributed by atoms with van der Waals surface area (Å²) in [6, 6.07) is 8.46. The Morgan fingerprint density at radius 1 is 1.48 bits per heavy atom. The predicted octanol–water partition coefficient (Wildman–Crippen LogP) is 2.52. The molecular weight excluding hydrogens is 286 g/mol. The molecule has 1 aliphatic heterocycles. The number of benzene rings is 1. The minimum atomic E-state index is -0.417. The molecule has 1 aliphatic rings. The molecule has 0 amide bonds. The average Bonchev–Trinajstić information content (AvgIpc) is 3.11. The van der Waals surface area contributed by atoms with E-state index in [9.17, 15) is 4.79 Å². The van der Waals surface area contributed by atoms with Crippen molar-refractivity contribution in [3.8, 4) is 0 Å². The first-order valence-corrected chi connectivity index (χ1v) is 7.95. The number of rotatable bonds is 4. The first-order chi connectivity index (χ1) is 10.2. The van der Waals surface area contributed by atoms with Crippen LogP contribution in [0.1, 0.15) is 34.6 Å². The SMILES string of the molecule is CCc1c(C(=O)OC)nnn1CC1CSc2ccccc21. The van der Waals surface area contributed by atoms with Crippen molar-refractivity contribution in [3.05, 3.63) is 41.2 Å². The molecule has 2 heterocycles. The van der Waals surface area contributed by atoms with Crippen molar-refractivity contribution in [1.29, 1.82) is 0 Å². The molecule has 0 radical (unpaired) electrons. The van der Waals surface area contributed by atoms with Gasteiger partial charge in [-0.1, -0.05) is 30.3 Å². The van der Waals surface area contributed by atoms with Gasteiger partial charge in [0, 0.05) is 16.6 Å². The third-order valence-corrected chi connectivity index (χ3v) is 5.00. The number of carbonyl (C=O) groups is 1. The topological polar surface area (TPSA) is 57.0 Å². The second kappa shape index (κ2) is 5.89. The van der Waals surface area contributed by atoms with Gasteiger partial charge in [-0.25, -0.2) is 9.48 Å². The van der Waals surface area contributed by atoms with Gasteiger partial charge in [-0.05, 0) is 18.1 Å². The van der Waals surface area contributed by atoms with Crippen LogP contribution in [0, 0.1) is 0 Å². The van der Waals surface area contributed by atoms with Gasteiger partial charge in [0.15, 0.2) is 5.69 Å². The van der Waals surface area contributed by atoms with E-state index in [0.29, 0.717) is 18.0 Å². The molecule has 0 bridgehead atoms. The van der Waals surface area contributed by atoms with Crippen molar-refractivity contribution in [2.24, 2.45) is 0 Å². The lowest BCUT2D eigenvalue weighted by Gasteiger charge is -2.12. The van der Waals surface area contributed by atoms with E-state index in [1.165, 1.54) is 17.6 Å². The largest absolute Gasteiger partial charge is 0.464 e. The first kappa shape index (κ1) is 14.1. The van der Waals surface area contributed by atoms with Gasteiger partial charge in [0.1, 0.15) is 0 Å². The summed E-state index contributed by atoms with van der Waals surface area (Å²) in [4.78, 5) is 13.0. The highest BCUT2D eigenvalue weighted by Crippen LogP contribution is 2.40. The maximum atomic E-state index is 11.7. The average molecular weight is 303 g/mol. The quantitative estimate of drug-likeness (QED) is 0.812. The van der Waals surface area contributed by atoms with Gasteiger partial charge in [0.2, 0.25) is 0 Å². The fraction of sp³-hybridized carbons (Fsp3) is 0.400. The number of esters is 1. The number of thioether (sulfide) groups is 1. The van der Waals surface area contributed by atoms with Gasteiger partial charge in [-0.2, -0.15) is 0 Å². The van der Waals surface area contributed by atoms with E-state index in [1.807, 2.05) is 23.4 Å². The van der Waals surface area contributed by atoms with E-state index < -0.39 is 5.97 Å². The van der Waals surface area contributed by atoms with Crippen LogP contribution in [0.2, 0.25) is 0 Å². The number of nitrogens with zero attached hydrogens (tertiary/aromatic N) is 3. The Labute approximate surface area is 127 Å². The fourth-order valence-electron chi connectivity index (χ4n) is 2.67. The molecule has 0 spiro atoms. The number of aromatic nitrogens is 3. The van der Waals surface area contributed by atoms with Crippen molar-refractivity contribution in [2.45, 2.75) is 30.7 Å². The van der Waals surface area contributed by atoms with Gasteiger partial charge in [0.25, 0.3) is 0 Å². The highest BCUT2D eigenvalue weighted by Gasteiger charge is 2.26. The molecule has 0 saturated carbocycles. The lowest BCUT2D eigenvalue weighted by molar-refractivity contribution is 0.0592. The van der Waals surface area contributed by atoms with Crippen LogP contribution in [0.15, 0.2) is 29.2 Å². The molecule has 3 rings (SSSR count).